The smallest absolute Gasteiger partial charge is 0.258 e. The van der Waals surface area contributed by atoms with Gasteiger partial charge in [0.2, 0.25) is 0 Å². The van der Waals surface area contributed by atoms with Gasteiger partial charge in [0.05, 0.1) is 5.69 Å². The van der Waals surface area contributed by atoms with Gasteiger partial charge in [-0.25, -0.2) is 4.98 Å². The molecule has 5 nitrogen and oxygen atoms in total. The van der Waals surface area contributed by atoms with Crippen LogP contribution in [0, 0.1) is 18.8 Å². The van der Waals surface area contributed by atoms with E-state index in [9.17, 15) is 4.79 Å². The molecule has 2 aliphatic rings. The topological polar surface area (TPSA) is 49.6 Å². The number of hydrogen-bond donors (Lipinski definition) is 1. The average molecular weight is 284 g/mol. The molecule has 0 bridgehead atoms. The normalized spacial score (nSPS) is 25.6. The molecule has 2 aliphatic heterocycles. The molecule has 0 spiro atoms. The summed E-state index contributed by atoms with van der Waals surface area (Å²) < 4.78 is 1.63. The summed E-state index contributed by atoms with van der Waals surface area (Å²) in [5.74, 6) is 1.54. The largest absolute Gasteiger partial charge is 0.316 e. The highest BCUT2D eigenvalue weighted by Gasteiger charge is 2.35. The highest BCUT2D eigenvalue weighted by atomic mass is 16.1. The summed E-state index contributed by atoms with van der Waals surface area (Å²) in [7, 11) is 0. The van der Waals surface area contributed by atoms with Crippen LogP contribution in [0.5, 0.6) is 0 Å². The Hall–Kier alpha value is -1.72. The Morgan fingerprint density at radius 2 is 2.10 bits per heavy atom. The van der Waals surface area contributed by atoms with Crippen LogP contribution in [-0.2, 0) is 6.54 Å². The van der Waals surface area contributed by atoms with Crippen LogP contribution in [0.1, 0.15) is 11.3 Å². The van der Waals surface area contributed by atoms with Gasteiger partial charge in [-0.2, -0.15) is 0 Å². The van der Waals surface area contributed by atoms with E-state index in [-0.39, 0.29) is 5.56 Å². The van der Waals surface area contributed by atoms with Gasteiger partial charge in [-0.15, -0.1) is 0 Å². The molecule has 4 heterocycles. The summed E-state index contributed by atoms with van der Waals surface area (Å²) in [5.41, 5.74) is 2.72. The van der Waals surface area contributed by atoms with E-state index in [1.165, 1.54) is 0 Å². The van der Waals surface area contributed by atoms with Crippen molar-refractivity contribution in [3.05, 3.63) is 46.0 Å². The Bertz CT molecular complexity index is 727. The van der Waals surface area contributed by atoms with Crippen LogP contribution in [0.4, 0.5) is 0 Å². The second-order valence-corrected chi connectivity index (χ2v) is 6.34. The Morgan fingerprint density at radius 3 is 2.86 bits per heavy atom. The molecule has 0 radical (unpaired) electrons. The number of aromatic nitrogens is 2. The van der Waals surface area contributed by atoms with Crippen molar-refractivity contribution >= 4 is 5.65 Å². The second kappa shape index (κ2) is 4.93. The van der Waals surface area contributed by atoms with Crippen molar-refractivity contribution in [2.45, 2.75) is 13.5 Å². The molecule has 110 valence electrons. The second-order valence-electron chi connectivity index (χ2n) is 6.34. The van der Waals surface area contributed by atoms with E-state index in [0.29, 0.717) is 0 Å². The summed E-state index contributed by atoms with van der Waals surface area (Å²) in [6.45, 7) is 7.28. The van der Waals surface area contributed by atoms with Crippen molar-refractivity contribution in [1.82, 2.24) is 19.6 Å². The van der Waals surface area contributed by atoms with E-state index in [1.807, 2.05) is 19.1 Å². The third-order valence-corrected chi connectivity index (χ3v) is 4.79. The molecule has 2 atom stereocenters. The fourth-order valence-electron chi connectivity index (χ4n) is 3.70. The molecule has 2 fully saturated rings. The van der Waals surface area contributed by atoms with E-state index in [1.54, 1.807) is 16.7 Å². The third kappa shape index (κ3) is 2.26. The maximum Gasteiger partial charge on any atom is 0.258 e. The zero-order chi connectivity index (χ0) is 14.4. The Labute approximate surface area is 123 Å². The minimum atomic E-state index is 0.0137. The number of nitrogens with one attached hydrogen (secondary N) is 1. The minimum Gasteiger partial charge on any atom is -0.316 e. The molecule has 0 aliphatic carbocycles. The van der Waals surface area contributed by atoms with Crippen molar-refractivity contribution in [2.24, 2.45) is 11.8 Å². The summed E-state index contributed by atoms with van der Waals surface area (Å²) in [5, 5.41) is 3.45. The predicted octanol–water partition coefficient (Wildman–Crippen LogP) is 0.654. The number of aryl methyl sites for hydroxylation is 1. The van der Waals surface area contributed by atoms with Gasteiger partial charge in [-0.05, 0) is 43.5 Å². The molecule has 0 saturated carbocycles. The van der Waals surface area contributed by atoms with Crippen molar-refractivity contribution in [3.8, 4) is 0 Å². The number of fused-ring (bicyclic) bond motifs is 2. The zero-order valence-corrected chi connectivity index (χ0v) is 12.2. The number of likely N-dealkylation sites (tertiary alicyclic amines) is 1. The molecule has 2 saturated heterocycles. The van der Waals surface area contributed by atoms with Gasteiger partial charge < -0.3 is 5.32 Å². The van der Waals surface area contributed by atoms with E-state index >= 15 is 0 Å². The molecule has 4 rings (SSSR count). The quantitative estimate of drug-likeness (QED) is 0.880. The highest BCUT2D eigenvalue weighted by Crippen LogP contribution is 2.27. The van der Waals surface area contributed by atoms with E-state index in [0.717, 1.165) is 61.5 Å². The first kappa shape index (κ1) is 13.0. The lowest BCUT2D eigenvalue weighted by atomic mass is 10.0. The van der Waals surface area contributed by atoms with Gasteiger partial charge in [0.25, 0.3) is 5.56 Å². The van der Waals surface area contributed by atoms with Gasteiger partial charge in [-0.3, -0.25) is 14.1 Å². The standard InChI is InChI=1S/C16H20N4O/c1-11-3-2-4-20-15(21)5-14(18-16(11)20)10-19-8-12-6-17-7-13(12)9-19/h2-5,12-13,17H,6-10H2,1H3/t12-,13+. The number of hydrogen-bond acceptors (Lipinski definition) is 4. The van der Waals surface area contributed by atoms with Crippen LogP contribution in [-0.4, -0.2) is 40.5 Å². The monoisotopic (exact) mass is 284 g/mol. The van der Waals surface area contributed by atoms with Crippen LogP contribution < -0.4 is 10.9 Å². The van der Waals surface area contributed by atoms with Crippen molar-refractivity contribution in [2.75, 3.05) is 26.2 Å². The molecule has 0 amide bonds. The van der Waals surface area contributed by atoms with Crippen LogP contribution in [0.3, 0.4) is 0 Å². The molecular weight excluding hydrogens is 264 g/mol. The lowest BCUT2D eigenvalue weighted by Crippen LogP contribution is -2.27. The zero-order valence-electron chi connectivity index (χ0n) is 12.2. The molecule has 0 unspecified atom stereocenters. The fourth-order valence-corrected chi connectivity index (χ4v) is 3.70. The Balaban J connectivity index is 1.62. The molecular formula is C16H20N4O. The maximum atomic E-state index is 12.2. The number of nitrogens with zero attached hydrogens (tertiary/aromatic N) is 3. The van der Waals surface area contributed by atoms with Gasteiger partial charge in [0.1, 0.15) is 5.65 Å². The van der Waals surface area contributed by atoms with Crippen LogP contribution in [0.25, 0.3) is 5.65 Å². The molecule has 2 aromatic heterocycles. The first-order chi connectivity index (χ1) is 10.2. The lowest BCUT2D eigenvalue weighted by molar-refractivity contribution is 0.302. The molecule has 1 N–H and O–H groups in total. The van der Waals surface area contributed by atoms with Crippen molar-refractivity contribution < 1.29 is 0 Å². The molecule has 21 heavy (non-hydrogen) atoms. The van der Waals surface area contributed by atoms with E-state index < -0.39 is 0 Å². The first-order valence-corrected chi connectivity index (χ1v) is 7.62. The van der Waals surface area contributed by atoms with Crippen LogP contribution >= 0.6 is 0 Å². The summed E-state index contributed by atoms with van der Waals surface area (Å²) in [4.78, 5) is 19.4. The van der Waals surface area contributed by atoms with Gasteiger partial charge in [0, 0.05) is 31.9 Å². The summed E-state index contributed by atoms with van der Waals surface area (Å²) in [6.07, 6.45) is 1.79. The van der Waals surface area contributed by atoms with Crippen LogP contribution in [0.2, 0.25) is 0 Å². The lowest BCUT2D eigenvalue weighted by Gasteiger charge is -2.16. The van der Waals surface area contributed by atoms with Gasteiger partial charge in [-0.1, -0.05) is 6.07 Å². The van der Waals surface area contributed by atoms with Gasteiger partial charge in [0.15, 0.2) is 0 Å². The highest BCUT2D eigenvalue weighted by molar-refractivity contribution is 5.46. The summed E-state index contributed by atoms with van der Waals surface area (Å²) in [6, 6.07) is 5.57. The molecule has 2 aromatic rings. The number of rotatable bonds is 2. The Kier molecular flexibility index (Phi) is 3.05. The maximum absolute atomic E-state index is 12.2. The Morgan fingerprint density at radius 1 is 1.33 bits per heavy atom. The summed E-state index contributed by atoms with van der Waals surface area (Å²) >= 11 is 0. The van der Waals surface area contributed by atoms with Crippen molar-refractivity contribution in [1.29, 1.82) is 0 Å². The minimum absolute atomic E-state index is 0.0137. The third-order valence-electron chi connectivity index (χ3n) is 4.79. The fraction of sp³-hybridized carbons (Fsp3) is 0.500. The van der Waals surface area contributed by atoms with Crippen molar-refractivity contribution in [3.63, 3.8) is 0 Å². The molecule has 0 aromatic carbocycles. The first-order valence-electron chi connectivity index (χ1n) is 7.62. The SMILES string of the molecule is Cc1cccn2c(=O)cc(CN3C[C@H]4CNC[C@H]4C3)nc12. The predicted molar refractivity (Wildman–Crippen MR) is 81.3 cm³/mol. The molecule has 5 heteroatoms. The van der Waals surface area contributed by atoms with E-state index in [2.05, 4.69) is 10.2 Å². The van der Waals surface area contributed by atoms with E-state index in [4.69, 9.17) is 4.98 Å². The van der Waals surface area contributed by atoms with Crippen LogP contribution in [0.15, 0.2) is 29.2 Å². The average Bonchev–Trinajstić information content (AvgIpc) is 3.01. The number of pyridine rings is 1. The van der Waals surface area contributed by atoms with Gasteiger partial charge >= 0.3 is 0 Å².